The molecule has 0 unspecified atom stereocenters. The molecule has 1 fully saturated rings. The number of halogens is 1. The molecule has 0 radical (unpaired) electrons. The number of carbonyl (C=O) groups excluding carboxylic acids is 2. The molecule has 3 aliphatic rings. The third-order valence-corrected chi connectivity index (χ3v) is 11.4. The molecule has 7 nitrogen and oxygen atoms in total. The molecule has 2 aliphatic heterocycles. The SMILES string of the molecule is C[C@@H]1[C@@H](C)S(=O)(=O)NC(=O)c2ccc3c(c2)N(CCCCc2cc(Cl)ccc2CO3)C[C@@H]2CC[C@H]2C(=O)/C=C/[C@@H]1C. The number of hydrogen-bond acceptors (Lipinski definition) is 6. The number of carbonyl (C=O) groups is 2. The number of hydrogen-bond donors (Lipinski definition) is 1. The molecule has 1 amide bonds. The number of aryl methyl sites for hydroxylation is 1. The van der Waals surface area contributed by atoms with Crippen LogP contribution in [0.1, 0.15) is 67.9 Å². The Bertz CT molecular complexity index is 1460. The van der Waals surface area contributed by atoms with E-state index in [-0.39, 0.29) is 35.0 Å². The first-order valence-corrected chi connectivity index (χ1v) is 16.5. The van der Waals surface area contributed by atoms with E-state index in [1.165, 1.54) is 0 Å². The topological polar surface area (TPSA) is 92.8 Å². The van der Waals surface area contributed by atoms with Gasteiger partial charge >= 0.3 is 0 Å². The van der Waals surface area contributed by atoms with Crippen molar-refractivity contribution in [3.05, 3.63) is 70.3 Å². The Morgan fingerprint density at radius 1 is 1.00 bits per heavy atom. The highest BCUT2D eigenvalue weighted by molar-refractivity contribution is 7.90. The van der Waals surface area contributed by atoms with Crippen LogP contribution in [-0.4, -0.2) is 38.4 Å². The lowest BCUT2D eigenvalue weighted by molar-refractivity contribution is -0.122. The number of rotatable bonds is 0. The molecule has 0 saturated heterocycles. The number of amides is 1. The van der Waals surface area contributed by atoms with E-state index in [1.807, 2.05) is 38.1 Å². The summed E-state index contributed by atoms with van der Waals surface area (Å²) in [6.45, 7) is 7.07. The molecule has 2 aromatic carbocycles. The molecule has 2 bridgehead atoms. The Balaban J connectivity index is 1.55. The van der Waals surface area contributed by atoms with Crippen molar-refractivity contribution in [1.29, 1.82) is 0 Å². The summed E-state index contributed by atoms with van der Waals surface area (Å²) in [6, 6.07) is 11.0. The second kappa shape index (κ2) is 12.2. The minimum absolute atomic E-state index is 0.0664. The molecule has 1 N–H and O–H groups in total. The summed E-state index contributed by atoms with van der Waals surface area (Å²) in [4.78, 5) is 28.8. The minimum atomic E-state index is -3.96. The molecule has 2 heterocycles. The maximum atomic E-state index is 13.3. The molecule has 41 heavy (non-hydrogen) atoms. The number of allylic oxidation sites excluding steroid dienone is 2. The van der Waals surface area contributed by atoms with Crippen molar-refractivity contribution in [3.63, 3.8) is 0 Å². The maximum absolute atomic E-state index is 13.3. The normalized spacial score (nSPS) is 29.5. The van der Waals surface area contributed by atoms with E-state index in [0.717, 1.165) is 48.9 Å². The van der Waals surface area contributed by atoms with Gasteiger partial charge in [0.1, 0.15) is 12.4 Å². The molecule has 5 rings (SSSR count). The Morgan fingerprint density at radius 3 is 2.56 bits per heavy atom. The summed E-state index contributed by atoms with van der Waals surface area (Å²) >= 11 is 6.29. The number of nitrogens with one attached hydrogen (secondary N) is 1. The van der Waals surface area contributed by atoms with Crippen LogP contribution in [0, 0.1) is 23.7 Å². The van der Waals surface area contributed by atoms with Gasteiger partial charge in [-0.2, -0.15) is 0 Å². The third kappa shape index (κ3) is 6.49. The predicted octanol–water partition coefficient (Wildman–Crippen LogP) is 5.95. The van der Waals surface area contributed by atoms with E-state index in [4.69, 9.17) is 16.3 Å². The molecule has 220 valence electrons. The first-order chi connectivity index (χ1) is 19.5. The number of nitrogens with zero attached hydrogens (tertiary/aromatic N) is 1. The summed E-state index contributed by atoms with van der Waals surface area (Å²) in [6.07, 6.45) is 8.00. The standard InChI is InChI=1S/C32H39ClN2O5S/c1-20-7-13-30(36)28-12-9-25(28)18-35-15-5-4-6-23-16-27(33)11-8-26(23)19-40-31-14-10-24(17-29(31)35)32(37)34-41(38,39)22(3)21(20)2/h7-8,10-11,13-14,16-17,20-22,25,28H,4-6,9,12,15,18-19H2,1-3H3,(H,34,37)/b13-7+/t20-,21-,22+,25-,28+/m0/s1. The van der Waals surface area contributed by atoms with Crippen molar-refractivity contribution in [2.24, 2.45) is 23.7 Å². The average molecular weight is 599 g/mol. The van der Waals surface area contributed by atoms with Gasteiger partial charge in [-0.15, -0.1) is 0 Å². The molecule has 5 atom stereocenters. The number of sulfonamides is 1. The van der Waals surface area contributed by atoms with Gasteiger partial charge in [0.05, 0.1) is 10.9 Å². The summed E-state index contributed by atoms with van der Waals surface area (Å²) in [7, 11) is -3.96. The fourth-order valence-electron chi connectivity index (χ4n) is 6.06. The first-order valence-electron chi connectivity index (χ1n) is 14.6. The van der Waals surface area contributed by atoms with Gasteiger partial charge in [0.15, 0.2) is 5.78 Å². The number of anilines is 1. The molecule has 2 aromatic rings. The van der Waals surface area contributed by atoms with Crippen molar-refractivity contribution in [3.8, 4) is 5.75 Å². The van der Waals surface area contributed by atoms with Gasteiger partial charge in [0.25, 0.3) is 5.91 Å². The Labute approximate surface area is 248 Å². The number of fused-ring (bicyclic) bond motifs is 3. The summed E-state index contributed by atoms with van der Waals surface area (Å²) in [5.41, 5.74) is 3.21. The van der Waals surface area contributed by atoms with Gasteiger partial charge < -0.3 is 9.64 Å². The zero-order chi connectivity index (χ0) is 29.3. The van der Waals surface area contributed by atoms with Gasteiger partial charge in [-0.05, 0) is 104 Å². The Hall–Kier alpha value is -2.84. The lowest BCUT2D eigenvalue weighted by Gasteiger charge is -2.40. The average Bonchev–Trinajstić information content (AvgIpc) is 2.95. The molecule has 9 heteroatoms. The molecular formula is C32H39ClN2O5S. The van der Waals surface area contributed by atoms with Gasteiger partial charge in [0, 0.05) is 29.6 Å². The van der Waals surface area contributed by atoms with Crippen molar-refractivity contribution in [2.75, 3.05) is 18.0 Å². The summed E-state index contributed by atoms with van der Waals surface area (Å²) in [5, 5.41) is -0.137. The second-order valence-corrected chi connectivity index (χ2v) is 14.4. The first kappa shape index (κ1) is 29.6. The highest BCUT2D eigenvalue weighted by atomic mass is 35.5. The smallest absolute Gasteiger partial charge is 0.264 e. The van der Waals surface area contributed by atoms with Gasteiger partial charge in [-0.1, -0.05) is 37.6 Å². The summed E-state index contributed by atoms with van der Waals surface area (Å²) in [5.74, 6) is -0.267. The van der Waals surface area contributed by atoms with Gasteiger partial charge in [0.2, 0.25) is 10.0 Å². The zero-order valence-electron chi connectivity index (χ0n) is 23.9. The van der Waals surface area contributed by atoms with Crippen LogP contribution in [0.25, 0.3) is 0 Å². The fourth-order valence-corrected chi connectivity index (χ4v) is 7.63. The van der Waals surface area contributed by atoms with Crippen molar-refractivity contribution < 1.29 is 22.7 Å². The van der Waals surface area contributed by atoms with Crippen LogP contribution in [0.4, 0.5) is 5.69 Å². The fraction of sp³-hybridized carbons (Fsp3) is 0.500. The molecular weight excluding hydrogens is 560 g/mol. The van der Waals surface area contributed by atoms with Crippen LogP contribution in [0.5, 0.6) is 5.75 Å². The lowest BCUT2D eigenvalue weighted by Crippen LogP contribution is -2.43. The van der Waals surface area contributed by atoms with Crippen LogP contribution in [-0.2, 0) is 27.8 Å². The minimum Gasteiger partial charge on any atom is -0.487 e. The molecule has 1 saturated carbocycles. The highest BCUT2D eigenvalue weighted by Crippen LogP contribution is 2.40. The van der Waals surface area contributed by atoms with Gasteiger partial charge in [-0.25, -0.2) is 13.1 Å². The van der Waals surface area contributed by atoms with E-state index in [1.54, 1.807) is 31.2 Å². The van der Waals surface area contributed by atoms with Crippen molar-refractivity contribution >= 4 is 39.0 Å². The van der Waals surface area contributed by atoms with E-state index in [0.29, 0.717) is 30.5 Å². The second-order valence-electron chi connectivity index (χ2n) is 11.9. The van der Waals surface area contributed by atoms with Crippen LogP contribution >= 0.6 is 11.6 Å². The lowest BCUT2D eigenvalue weighted by atomic mass is 9.70. The van der Waals surface area contributed by atoms with E-state index in [9.17, 15) is 18.0 Å². The Morgan fingerprint density at radius 2 is 1.80 bits per heavy atom. The number of ether oxygens (including phenoxy) is 1. The van der Waals surface area contributed by atoms with E-state index >= 15 is 0 Å². The number of benzene rings is 2. The van der Waals surface area contributed by atoms with E-state index < -0.39 is 21.2 Å². The maximum Gasteiger partial charge on any atom is 0.264 e. The quantitative estimate of drug-likeness (QED) is 0.403. The Kier molecular flexibility index (Phi) is 8.81. The van der Waals surface area contributed by atoms with E-state index in [2.05, 4.69) is 9.62 Å². The molecule has 0 aromatic heterocycles. The monoisotopic (exact) mass is 598 g/mol. The van der Waals surface area contributed by atoms with Crippen LogP contribution in [0.2, 0.25) is 5.02 Å². The van der Waals surface area contributed by atoms with Gasteiger partial charge in [-0.3, -0.25) is 9.59 Å². The third-order valence-electron chi connectivity index (χ3n) is 9.33. The van der Waals surface area contributed by atoms with Crippen molar-refractivity contribution in [1.82, 2.24) is 4.72 Å². The largest absolute Gasteiger partial charge is 0.487 e. The van der Waals surface area contributed by atoms with Crippen LogP contribution in [0.3, 0.4) is 0 Å². The zero-order valence-corrected chi connectivity index (χ0v) is 25.5. The van der Waals surface area contributed by atoms with Crippen molar-refractivity contribution in [2.45, 2.75) is 64.7 Å². The molecule has 0 spiro atoms. The van der Waals surface area contributed by atoms with Crippen LogP contribution in [0.15, 0.2) is 48.6 Å². The molecule has 1 aliphatic carbocycles. The number of ketones is 1. The summed E-state index contributed by atoms with van der Waals surface area (Å²) < 4.78 is 35.1. The highest BCUT2D eigenvalue weighted by Gasteiger charge is 2.37. The predicted molar refractivity (Wildman–Crippen MR) is 162 cm³/mol. The van der Waals surface area contributed by atoms with Crippen LogP contribution < -0.4 is 14.4 Å².